The van der Waals surface area contributed by atoms with Crippen LogP contribution in [0.3, 0.4) is 0 Å². The third-order valence-corrected chi connectivity index (χ3v) is 2.32. The number of rotatable bonds is 5. The number of hydrogen-bond donors (Lipinski definition) is 3. The van der Waals surface area contributed by atoms with Crippen molar-refractivity contribution in [1.82, 2.24) is 5.32 Å². The summed E-state index contributed by atoms with van der Waals surface area (Å²) in [6, 6.07) is -0.0569. The number of carboxylic acids is 1. The van der Waals surface area contributed by atoms with E-state index < -0.39 is 5.97 Å². The van der Waals surface area contributed by atoms with Crippen molar-refractivity contribution >= 4 is 18.1 Å². The lowest BCUT2D eigenvalue weighted by molar-refractivity contribution is -0.137. The first-order chi connectivity index (χ1) is 8.49. The van der Waals surface area contributed by atoms with Crippen molar-refractivity contribution in [1.29, 1.82) is 0 Å². The Hall–Kier alpha value is -2.11. The number of carbonyl (C=O) groups is 2. The van der Waals surface area contributed by atoms with Crippen molar-refractivity contribution in [2.24, 2.45) is 10.7 Å². The van der Waals surface area contributed by atoms with E-state index in [4.69, 9.17) is 10.8 Å². The zero-order valence-electron chi connectivity index (χ0n) is 10.2. The van der Waals surface area contributed by atoms with Crippen LogP contribution >= 0.6 is 0 Å². The minimum Gasteiger partial charge on any atom is -0.481 e. The van der Waals surface area contributed by atoms with Crippen LogP contribution in [0.25, 0.3) is 0 Å². The molecule has 1 heterocycles. The van der Waals surface area contributed by atoms with Gasteiger partial charge in [0.1, 0.15) is 0 Å². The van der Waals surface area contributed by atoms with Gasteiger partial charge in [0, 0.05) is 24.9 Å². The quantitative estimate of drug-likeness (QED) is 0.607. The fourth-order valence-electron chi connectivity index (χ4n) is 1.45. The second-order valence-corrected chi connectivity index (χ2v) is 4.04. The molecule has 0 saturated heterocycles. The molecule has 6 heteroatoms. The summed E-state index contributed by atoms with van der Waals surface area (Å²) in [5, 5.41) is 11.1. The van der Waals surface area contributed by atoms with Crippen LogP contribution in [-0.4, -0.2) is 35.8 Å². The van der Waals surface area contributed by atoms with E-state index in [0.29, 0.717) is 24.2 Å². The molecule has 0 aromatic heterocycles. The Morgan fingerprint density at radius 3 is 2.94 bits per heavy atom. The topological polar surface area (TPSA) is 105 Å². The summed E-state index contributed by atoms with van der Waals surface area (Å²) < 4.78 is 0. The molecule has 1 rings (SSSR count). The lowest BCUT2D eigenvalue weighted by Gasteiger charge is -2.04. The number of allylic oxidation sites excluding steroid dienone is 1. The summed E-state index contributed by atoms with van der Waals surface area (Å²) in [6.45, 7) is 2.18. The fraction of sp³-hybridized carbons (Fsp3) is 0.417. The third-order valence-electron chi connectivity index (χ3n) is 2.32. The number of aliphatic imine (C=N–C) groups is 1. The van der Waals surface area contributed by atoms with Crippen molar-refractivity contribution in [2.45, 2.75) is 25.8 Å². The average Bonchev–Trinajstić information content (AvgIpc) is 2.45. The lowest BCUT2D eigenvalue weighted by Crippen LogP contribution is -2.27. The number of aliphatic carboxylic acids is 1. The van der Waals surface area contributed by atoms with E-state index in [1.54, 1.807) is 12.2 Å². The summed E-state index contributed by atoms with van der Waals surface area (Å²) >= 11 is 0. The summed E-state index contributed by atoms with van der Waals surface area (Å²) in [5.74, 6) is -1.17. The van der Waals surface area contributed by atoms with Crippen molar-refractivity contribution in [3.8, 4) is 0 Å². The van der Waals surface area contributed by atoms with E-state index in [1.165, 1.54) is 6.21 Å². The molecule has 0 spiro atoms. The van der Waals surface area contributed by atoms with Gasteiger partial charge >= 0.3 is 5.97 Å². The van der Waals surface area contributed by atoms with E-state index in [9.17, 15) is 9.59 Å². The molecular formula is C12H17N3O3. The monoisotopic (exact) mass is 251 g/mol. The predicted octanol–water partition coefficient (Wildman–Crippen LogP) is 0.209. The van der Waals surface area contributed by atoms with Crippen LogP contribution < -0.4 is 11.1 Å². The first-order valence-electron chi connectivity index (χ1n) is 5.71. The normalized spacial score (nSPS) is 18.6. The summed E-state index contributed by atoms with van der Waals surface area (Å²) in [7, 11) is 0. The van der Waals surface area contributed by atoms with Gasteiger partial charge < -0.3 is 16.2 Å². The zero-order valence-corrected chi connectivity index (χ0v) is 10.2. The maximum Gasteiger partial charge on any atom is 0.303 e. The number of hydrogen-bond acceptors (Lipinski definition) is 4. The summed E-state index contributed by atoms with van der Waals surface area (Å²) in [4.78, 5) is 26.2. The highest BCUT2D eigenvalue weighted by Crippen LogP contribution is 2.05. The average molecular weight is 251 g/mol. The molecule has 0 aromatic carbocycles. The van der Waals surface area contributed by atoms with Crippen LogP contribution in [0.5, 0.6) is 0 Å². The van der Waals surface area contributed by atoms with E-state index >= 15 is 0 Å². The molecule has 4 N–H and O–H groups in total. The summed E-state index contributed by atoms with van der Waals surface area (Å²) in [5.41, 5.74) is 6.57. The maximum absolute atomic E-state index is 11.7. The standard InChI is InChI=1S/C12H17N3O3/c1-8-5-10(13)6-9(7-15-8)12(18)14-4-2-3-11(16)17/h5-8H,2-4,13H2,1H3,(H,14,18)(H,16,17). The van der Waals surface area contributed by atoms with Gasteiger partial charge in [0.15, 0.2) is 0 Å². The highest BCUT2D eigenvalue weighted by molar-refractivity contribution is 6.12. The molecule has 0 saturated carbocycles. The van der Waals surface area contributed by atoms with Crippen LogP contribution in [0.2, 0.25) is 0 Å². The third kappa shape index (κ3) is 4.82. The van der Waals surface area contributed by atoms with E-state index in [-0.39, 0.29) is 18.4 Å². The van der Waals surface area contributed by atoms with E-state index in [1.807, 2.05) is 6.92 Å². The molecule has 0 aromatic rings. The Morgan fingerprint density at radius 1 is 1.56 bits per heavy atom. The molecule has 1 amide bonds. The molecule has 98 valence electrons. The smallest absolute Gasteiger partial charge is 0.303 e. The van der Waals surface area contributed by atoms with Gasteiger partial charge in [-0.05, 0) is 25.5 Å². The number of nitrogens with one attached hydrogen (secondary N) is 1. The van der Waals surface area contributed by atoms with Crippen molar-refractivity contribution in [3.63, 3.8) is 0 Å². The number of nitrogens with two attached hydrogens (primary N) is 1. The Labute approximate surface area is 105 Å². The molecule has 1 aliphatic rings. The second kappa shape index (κ2) is 6.58. The minimum atomic E-state index is -0.875. The van der Waals surface area contributed by atoms with Gasteiger partial charge in [0.05, 0.1) is 11.6 Å². The fourth-order valence-corrected chi connectivity index (χ4v) is 1.45. The van der Waals surface area contributed by atoms with Crippen LogP contribution in [0.15, 0.2) is 28.4 Å². The molecule has 1 unspecified atom stereocenters. The molecule has 1 aliphatic heterocycles. The van der Waals surface area contributed by atoms with Crippen molar-refractivity contribution in [3.05, 3.63) is 23.4 Å². The first-order valence-corrected chi connectivity index (χ1v) is 5.71. The van der Waals surface area contributed by atoms with Gasteiger partial charge in [-0.25, -0.2) is 0 Å². The first kappa shape index (κ1) is 14.0. The number of nitrogens with zero attached hydrogens (tertiary/aromatic N) is 1. The largest absolute Gasteiger partial charge is 0.481 e. The zero-order chi connectivity index (χ0) is 13.5. The highest BCUT2D eigenvalue weighted by atomic mass is 16.4. The second-order valence-electron chi connectivity index (χ2n) is 4.04. The van der Waals surface area contributed by atoms with E-state index in [2.05, 4.69) is 10.3 Å². The number of carboxylic acid groups (broad SMARTS) is 1. The van der Waals surface area contributed by atoms with Crippen molar-refractivity contribution < 1.29 is 14.7 Å². The van der Waals surface area contributed by atoms with E-state index in [0.717, 1.165) is 0 Å². The number of carbonyl (C=O) groups excluding carboxylic acids is 1. The van der Waals surface area contributed by atoms with Crippen molar-refractivity contribution in [2.75, 3.05) is 6.54 Å². The molecular weight excluding hydrogens is 234 g/mol. The van der Waals surface area contributed by atoms with Crippen LogP contribution in [0.4, 0.5) is 0 Å². The Morgan fingerprint density at radius 2 is 2.28 bits per heavy atom. The lowest BCUT2D eigenvalue weighted by atomic mass is 10.2. The SMILES string of the molecule is CC1C=C(N)C=C(C(=O)NCCCC(=O)O)C=N1. The van der Waals surface area contributed by atoms with Crippen LogP contribution in [-0.2, 0) is 9.59 Å². The Balaban J connectivity index is 2.49. The molecule has 0 bridgehead atoms. The number of amides is 1. The predicted molar refractivity (Wildman–Crippen MR) is 68.2 cm³/mol. The van der Waals surface area contributed by atoms with Gasteiger partial charge in [0.2, 0.25) is 0 Å². The molecule has 1 atom stereocenters. The van der Waals surface area contributed by atoms with Gasteiger partial charge in [0.25, 0.3) is 5.91 Å². The maximum atomic E-state index is 11.7. The molecule has 6 nitrogen and oxygen atoms in total. The highest BCUT2D eigenvalue weighted by Gasteiger charge is 2.10. The Kier molecular flexibility index (Phi) is 5.10. The minimum absolute atomic E-state index is 0.0342. The van der Waals surface area contributed by atoms with Gasteiger partial charge in [-0.15, -0.1) is 0 Å². The summed E-state index contributed by atoms with van der Waals surface area (Å²) in [6.07, 6.45) is 5.22. The van der Waals surface area contributed by atoms with Crippen LogP contribution in [0, 0.1) is 0 Å². The van der Waals surface area contributed by atoms with Gasteiger partial charge in [-0.2, -0.15) is 0 Å². The van der Waals surface area contributed by atoms with Gasteiger partial charge in [-0.3, -0.25) is 14.6 Å². The van der Waals surface area contributed by atoms with Gasteiger partial charge in [-0.1, -0.05) is 0 Å². The van der Waals surface area contributed by atoms with Crippen LogP contribution in [0.1, 0.15) is 19.8 Å². The molecule has 0 radical (unpaired) electrons. The molecule has 18 heavy (non-hydrogen) atoms. The molecule has 0 aliphatic carbocycles. The molecule has 0 fully saturated rings. The Bertz CT molecular complexity index is 424.